The highest BCUT2D eigenvalue weighted by atomic mass is 16.5. The third-order valence-electron chi connectivity index (χ3n) is 2.58. The van der Waals surface area contributed by atoms with E-state index in [2.05, 4.69) is 4.98 Å². The van der Waals surface area contributed by atoms with E-state index in [1.54, 1.807) is 30.6 Å². The number of Topliss-reactive ketones (excluding diaryl/α,β-unsaturated/α-hetero) is 1. The van der Waals surface area contributed by atoms with Gasteiger partial charge in [-0.1, -0.05) is 12.1 Å². The van der Waals surface area contributed by atoms with Gasteiger partial charge >= 0.3 is 0 Å². The number of carbonyl (C=O) groups excluding carboxylic acids is 1. The largest absolute Gasteiger partial charge is 0.452 e. The summed E-state index contributed by atoms with van der Waals surface area (Å²) in [5.41, 5.74) is 1.52. The van der Waals surface area contributed by atoms with Gasteiger partial charge in [0.25, 0.3) is 0 Å². The normalized spacial score (nSPS) is 15.8. The highest BCUT2D eigenvalue weighted by molar-refractivity contribution is 6.14. The molecule has 1 aliphatic heterocycles. The Hall–Kier alpha value is -2.42. The summed E-state index contributed by atoms with van der Waals surface area (Å²) in [5.74, 6) is 0.910. The lowest BCUT2D eigenvalue weighted by molar-refractivity contribution is 0.101. The standard InChI is InChI=1S/C14H9NO2/c16-14-11-3-1-2-4-12(11)17-13(14)9-10-5-7-15-8-6-10/h1-9H/b13-9-. The third-order valence-corrected chi connectivity index (χ3v) is 2.58. The van der Waals surface area contributed by atoms with Gasteiger partial charge in [0.2, 0.25) is 5.78 Å². The maximum absolute atomic E-state index is 12.0. The number of hydrogen-bond donors (Lipinski definition) is 0. The fraction of sp³-hybridized carbons (Fsp3) is 0. The lowest BCUT2D eigenvalue weighted by Gasteiger charge is -1.97. The smallest absolute Gasteiger partial charge is 0.231 e. The summed E-state index contributed by atoms with van der Waals surface area (Å²) in [6.07, 6.45) is 5.09. The Morgan fingerprint density at radius 1 is 1.06 bits per heavy atom. The van der Waals surface area contributed by atoms with Gasteiger partial charge in [-0.05, 0) is 35.9 Å². The van der Waals surface area contributed by atoms with Crippen LogP contribution in [0.5, 0.6) is 5.75 Å². The summed E-state index contributed by atoms with van der Waals surface area (Å²) in [7, 11) is 0. The quantitative estimate of drug-likeness (QED) is 0.698. The minimum absolute atomic E-state index is 0.0718. The highest BCUT2D eigenvalue weighted by Gasteiger charge is 2.26. The molecule has 1 aliphatic rings. The van der Waals surface area contributed by atoms with Gasteiger partial charge in [-0.3, -0.25) is 9.78 Å². The van der Waals surface area contributed by atoms with E-state index in [0.717, 1.165) is 5.56 Å². The number of ketones is 1. The maximum Gasteiger partial charge on any atom is 0.231 e. The third kappa shape index (κ3) is 1.72. The van der Waals surface area contributed by atoms with E-state index in [0.29, 0.717) is 17.1 Å². The number of fused-ring (bicyclic) bond motifs is 1. The molecule has 0 saturated heterocycles. The first kappa shape index (κ1) is 9.78. The molecule has 0 fully saturated rings. The van der Waals surface area contributed by atoms with Crippen LogP contribution in [0.4, 0.5) is 0 Å². The fourth-order valence-corrected chi connectivity index (χ4v) is 1.75. The van der Waals surface area contributed by atoms with Crippen molar-refractivity contribution < 1.29 is 9.53 Å². The molecular weight excluding hydrogens is 214 g/mol. The molecule has 0 radical (unpaired) electrons. The predicted octanol–water partition coefficient (Wildman–Crippen LogP) is 2.70. The second-order valence-electron chi connectivity index (χ2n) is 3.72. The Kier molecular flexibility index (Phi) is 2.22. The molecule has 1 aromatic carbocycles. The Bertz CT molecular complexity index is 603. The number of nitrogens with zero attached hydrogens (tertiary/aromatic N) is 1. The number of hydrogen-bond acceptors (Lipinski definition) is 3. The van der Waals surface area contributed by atoms with Crippen LogP contribution in [-0.4, -0.2) is 10.8 Å². The van der Waals surface area contributed by atoms with Crippen molar-refractivity contribution in [3.05, 3.63) is 65.7 Å². The van der Waals surface area contributed by atoms with Crippen LogP contribution in [0, 0.1) is 0 Å². The highest BCUT2D eigenvalue weighted by Crippen LogP contribution is 2.31. The van der Waals surface area contributed by atoms with Crippen LogP contribution in [0.2, 0.25) is 0 Å². The van der Waals surface area contributed by atoms with Gasteiger partial charge in [0.1, 0.15) is 5.75 Å². The van der Waals surface area contributed by atoms with E-state index in [-0.39, 0.29) is 5.78 Å². The van der Waals surface area contributed by atoms with Crippen molar-refractivity contribution in [2.24, 2.45) is 0 Å². The summed E-state index contributed by atoms with van der Waals surface area (Å²) in [4.78, 5) is 15.9. The molecule has 17 heavy (non-hydrogen) atoms. The Balaban J connectivity index is 2.00. The van der Waals surface area contributed by atoms with Crippen molar-refractivity contribution in [2.75, 3.05) is 0 Å². The average Bonchev–Trinajstić information content (AvgIpc) is 2.68. The summed E-state index contributed by atoms with van der Waals surface area (Å²) < 4.78 is 5.51. The molecule has 2 aromatic rings. The second-order valence-corrected chi connectivity index (χ2v) is 3.72. The predicted molar refractivity (Wildman–Crippen MR) is 63.6 cm³/mol. The lowest BCUT2D eigenvalue weighted by Crippen LogP contribution is -1.97. The van der Waals surface area contributed by atoms with Crippen LogP contribution in [0.1, 0.15) is 15.9 Å². The second kappa shape index (κ2) is 3.87. The zero-order chi connectivity index (χ0) is 11.7. The number of aromatic nitrogens is 1. The molecule has 0 N–H and O–H groups in total. The summed E-state index contributed by atoms with van der Waals surface area (Å²) in [6.45, 7) is 0. The molecule has 0 bridgehead atoms. The number of rotatable bonds is 1. The number of benzene rings is 1. The van der Waals surface area contributed by atoms with Crippen molar-refractivity contribution in [3.8, 4) is 5.75 Å². The molecule has 0 aliphatic carbocycles. The van der Waals surface area contributed by atoms with Crippen LogP contribution in [-0.2, 0) is 0 Å². The van der Waals surface area contributed by atoms with Gasteiger partial charge in [-0.15, -0.1) is 0 Å². The number of allylic oxidation sites excluding steroid dienone is 1. The molecule has 0 atom stereocenters. The molecule has 82 valence electrons. The van der Waals surface area contributed by atoms with E-state index in [1.165, 1.54) is 0 Å². The SMILES string of the molecule is O=C1/C(=C/c2ccncc2)Oc2ccccc21. The van der Waals surface area contributed by atoms with Crippen LogP contribution < -0.4 is 4.74 Å². The minimum atomic E-state index is -0.0718. The number of ether oxygens (including phenoxy) is 1. The molecule has 0 unspecified atom stereocenters. The molecule has 0 amide bonds. The summed E-state index contributed by atoms with van der Waals surface area (Å²) in [5, 5.41) is 0. The zero-order valence-corrected chi connectivity index (χ0v) is 8.96. The molecule has 3 rings (SSSR count). The maximum atomic E-state index is 12.0. The number of carbonyl (C=O) groups is 1. The van der Waals surface area contributed by atoms with Crippen LogP contribution in [0.25, 0.3) is 6.08 Å². The molecule has 3 heteroatoms. The Labute approximate surface area is 98.4 Å². The number of pyridine rings is 1. The van der Waals surface area contributed by atoms with E-state index >= 15 is 0 Å². The molecular formula is C14H9NO2. The Morgan fingerprint density at radius 2 is 1.82 bits per heavy atom. The van der Waals surface area contributed by atoms with Crippen LogP contribution >= 0.6 is 0 Å². The van der Waals surface area contributed by atoms with Gasteiger partial charge in [0, 0.05) is 12.4 Å². The summed E-state index contributed by atoms with van der Waals surface area (Å²) in [6, 6.07) is 10.9. The van der Waals surface area contributed by atoms with E-state index in [1.807, 2.05) is 24.3 Å². The van der Waals surface area contributed by atoms with Crippen LogP contribution in [0.3, 0.4) is 0 Å². The van der Waals surface area contributed by atoms with Gasteiger partial charge < -0.3 is 4.74 Å². The van der Waals surface area contributed by atoms with Crippen molar-refractivity contribution in [1.82, 2.24) is 4.98 Å². The van der Waals surface area contributed by atoms with Crippen LogP contribution in [0.15, 0.2) is 54.6 Å². The molecule has 0 spiro atoms. The first-order chi connectivity index (χ1) is 8.34. The van der Waals surface area contributed by atoms with Crippen molar-refractivity contribution in [2.45, 2.75) is 0 Å². The average molecular weight is 223 g/mol. The molecule has 3 nitrogen and oxygen atoms in total. The monoisotopic (exact) mass is 223 g/mol. The molecule has 1 aromatic heterocycles. The first-order valence-electron chi connectivity index (χ1n) is 5.28. The van der Waals surface area contributed by atoms with Crippen molar-refractivity contribution in [3.63, 3.8) is 0 Å². The van der Waals surface area contributed by atoms with Gasteiger partial charge in [0.05, 0.1) is 5.56 Å². The zero-order valence-electron chi connectivity index (χ0n) is 8.96. The lowest BCUT2D eigenvalue weighted by atomic mass is 10.1. The topological polar surface area (TPSA) is 39.2 Å². The van der Waals surface area contributed by atoms with E-state index in [4.69, 9.17) is 4.74 Å². The van der Waals surface area contributed by atoms with Crippen molar-refractivity contribution >= 4 is 11.9 Å². The van der Waals surface area contributed by atoms with E-state index < -0.39 is 0 Å². The van der Waals surface area contributed by atoms with Gasteiger partial charge in [0.15, 0.2) is 5.76 Å². The number of para-hydroxylation sites is 1. The fourth-order valence-electron chi connectivity index (χ4n) is 1.75. The minimum Gasteiger partial charge on any atom is -0.452 e. The van der Waals surface area contributed by atoms with Crippen molar-refractivity contribution in [1.29, 1.82) is 0 Å². The van der Waals surface area contributed by atoms with Gasteiger partial charge in [-0.2, -0.15) is 0 Å². The van der Waals surface area contributed by atoms with Gasteiger partial charge in [-0.25, -0.2) is 0 Å². The molecule has 0 saturated carbocycles. The molecule has 2 heterocycles. The first-order valence-corrected chi connectivity index (χ1v) is 5.28. The summed E-state index contributed by atoms with van der Waals surface area (Å²) >= 11 is 0. The Morgan fingerprint density at radius 3 is 2.59 bits per heavy atom. The van der Waals surface area contributed by atoms with E-state index in [9.17, 15) is 4.79 Å².